The van der Waals surface area contributed by atoms with Crippen LogP contribution in [0.15, 0.2) is 58.3 Å². The summed E-state index contributed by atoms with van der Waals surface area (Å²) in [4.78, 5) is -0.809. The number of halogens is 4. The molecule has 0 amide bonds. The van der Waals surface area contributed by atoms with Crippen molar-refractivity contribution in [2.45, 2.75) is 22.6 Å². The smallest absolute Gasteiger partial charge is 0.404 e. The van der Waals surface area contributed by atoms with Crippen LogP contribution in [0.25, 0.3) is 0 Å². The Morgan fingerprint density at radius 1 is 0.774 bits per heavy atom. The maximum Gasteiger partial charge on any atom is 0.573 e. The molecule has 1 aliphatic rings. The Morgan fingerprint density at radius 2 is 1.32 bits per heavy atom. The molecule has 1 heterocycles. The SMILES string of the molecule is O=S(=O)(c1ccc(F)cc1)N1CCCN(S(=O)(=O)c2ccccc2OC(F)(F)F)CC1. The van der Waals surface area contributed by atoms with Gasteiger partial charge in [-0.2, -0.15) is 8.61 Å². The van der Waals surface area contributed by atoms with Crippen LogP contribution in [0.2, 0.25) is 0 Å². The molecule has 13 heteroatoms. The third-order valence-corrected chi connectivity index (χ3v) is 8.41. The molecule has 0 radical (unpaired) electrons. The highest BCUT2D eigenvalue weighted by molar-refractivity contribution is 7.89. The van der Waals surface area contributed by atoms with Crippen molar-refractivity contribution in [2.24, 2.45) is 0 Å². The van der Waals surface area contributed by atoms with Crippen LogP contribution < -0.4 is 4.74 Å². The van der Waals surface area contributed by atoms with Gasteiger partial charge in [0.15, 0.2) is 0 Å². The minimum atomic E-state index is -5.08. The lowest BCUT2D eigenvalue weighted by molar-refractivity contribution is -0.275. The first-order valence-corrected chi connectivity index (χ1v) is 11.9. The fraction of sp³-hybridized carbons (Fsp3) is 0.333. The Hall–Kier alpha value is -2.22. The van der Waals surface area contributed by atoms with Crippen LogP contribution in [-0.2, 0) is 20.0 Å². The fourth-order valence-corrected chi connectivity index (χ4v) is 6.17. The number of rotatable bonds is 5. The van der Waals surface area contributed by atoms with E-state index in [0.717, 1.165) is 45.0 Å². The van der Waals surface area contributed by atoms with Crippen molar-refractivity contribution in [3.8, 4) is 5.75 Å². The lowest BCUT2D eigenvalue weighted by Gasteiger charge is -2.23. The summed E-state index contributed by atoms with van der Waals surface area (Å²) < 4.78 is 108. The lowest BCUT2D eigenvalue weighted by Crippen LogP contribution is -2.37. The predicted molar refractivity (Wildman–Crippen MR) is 102 cm³/mol. The molecule has 3 rings (SSSR count). The minimum Gasteiger partial charge on any atom is -0.404 e. The van der Waals surface area contributed by atoms with Crippen molar-refractivity contribution in [3.63, 3.8) is 0 Å². The average Bonchev–Trinajstić information content (AvgIpc) is 2.95. The molecule has 0 unspecified atom stereocenters. The number of alkyl halides is 3. The van der Waals surface area contributed by atoms with Gasteiger partial charge in [0.2, 0.25) is 20.0 Å². The molecule has 0 spiro atoms. The van der Waals surface area contributed by atoms with Gasteiger partial charge in [0.05, 0.1) is 4.90 Å². The summed E-state index contributed by atoms with van der Waals surface area (Å²) in [5.74, 6) is -1.47. The van der Waals surface area contributed by atoms with E-state index < -0.39 is 42.9 Å². The lowest BCUT2D eigenvalue weighted by atomic mass is 10.3. The van der Waals surface area contributed by atoms with Crippen LogP contribution in [-0.4, -0.2) is 58.0 Å². The minimum absolute atomic E-state index is 0.00751. The van der Waals surface area contributed by atoms with Crippen molar-refractivity contribution in [3.05, 3.63) is 54.3 Å². The Kier molecular flexibility index (Phi) is 6.60. The second kappa shape index (κ2) is 8.73. The molecular weight excluding hydrogens is 464 g/mol. The van der Waals surface area contributed by atoms with Crippen molar-refractivity contribution in [1.82, 2.24) is 8.61 Å². The van der Waals surface area contributed by atoms with E-state index in [1.807, 2.05) is 0 Å². The van der Waals surface area contributed by atoms with Crippen LogP contribution in [0.5, 0.6) is 5.75 Å². The molecule has 170 valence electrons. The van der Waals surface area contributed by atoms with Crippen LogP contribution in [0.3, 0.4) is 0 Å². The number of ether oxygens (including phenoxy) is 1. The highest BCUT2D eigenvalue weighted by atomic mass is 32.2. The first-order valence-electron chi connectivity index (χ1n) is 9.02. The van der Waals surface area contributed by atoms with E-state index in [-0.39, 0.29) is 37.5 Å². The molecule has 1 saturated heterocycles. The third kappa shape index (κ3) is 5.34. The molecule has 1 aliphatic heterocycles. The summed E-state index contributed by atoms with van der Waals surface area (Å²) in [6.07, 6.45) is -4.97. The quantitative estimate of drug-likeness (QED) is 0.612. The number of sulfonamides is 2. The maximum atomic E-state index is 13.1. The Bertz CT molecular complexity index is 1140. The van der Waals surface area contributed by atoms with E-state index in [4.69, 9.17) is 0 Å². The zero-order valence-corrected chi connectivity index (χ0v) is 17.6. The largest absolute Gasteiger partial charge is 0.573 e. The molecule has 0 bridgehead atoms. The third-order valence-electron chi connectivity index (χ3n) is 4.56. The molecule has 0 N–H and O–H groups in total. The number of nitrogens with zero attached hydrogens (tertiary/aromatic N) is 2. The Morgan fingerprint density at radius 3 is 1.90 bits per heavy atom. The summed E-state index contributed by atoms with van der Waals surface area (Å²) >= 11 is 0. The number of para-hydroxylation sites is 1. The average molecular weight is 482 g/mol. The van der Waals surface area contributed by atoms with Crippen LogP contribution in [0.4, 0.5) is 17.6 Å². The maximum absolute atomic E-state index is 13.1. The first-order chi connectivity index (χ1) is 14.4. The van der Waals surface area contributed by atoms with Crippen LogP contribution in [0, 0.1) is 5.82 Å². The zero-order valence-electron chi connectivity index (χ0n) is 15.9. The molecule has 1 fully saturated rings. The monoisotopic (exact) mass is 482 g/mol. The van der Waals surface area contributed by atoms with Gasteiger partial charge in [0, 0.05) is 26.2 Å². The Labute approximate surface area is 176 Å². The molecule has 0 atom stereocenters. The second-order valence-electron chi connectivity index (χ2n) is 6.61. The molecule has 31 heavy (non-hydrogen) atoms. The summed E-state index contributed by atoms with van der Waals surface area (Å²) in [5, 5.41) is 0. The topological polar surface area (TPSA) is 84.0 Å². The molecule has 7 nitrogen and oxygen atoms in total. The van der Waals surface area contributed by atoms with E-state index in [1.54, 1.807) is 0 Å². The van der Waals surface area contributed by atoms with Gasteiger partial charge in [0.1, 0.15) is 16.5 Å². The molecule has 2 aromatic rings. The molecule has 0 aromatic heterocycles. The second-order valence-corrected chi connectivity index (χ2v) is 10.5. The van der Waals surface area contributed by atoms with Crippen molar-refractivity contribution < 1.29 is 39.1 Å². The van der Waals surface area contributed by atoms with E-state index in [0.29, 0.717) is 0 Å². The highest BCUT2D eigenvalue weighted by Gasteiger charge is 2.37. The highest BCUT2D eigenvalue weighted by Crippen LogP contribution is 2.32. The van der Waals surface area contributed by atoms with Gasteiger partial charge in [-0.25, -0.2) is 21.2 Å². The van der Waals surface area contributed by atoms with Gasteiger partial charge < -0.3 is 4.74 Å². The number of hydrogen-bond donors (Lipinski definition) is 0. The summed E-state index contributed by atoms with van der Waals surface area (Å²) in [7, 11) is -8.39. The van der Waals surface area contributed by atoms with Crippen LogP contribution >= 0.6 is 0 Å². The van der Waals surface area contributed by atoms with E-state index in [9.17, 15) is 34.4 Å². The van der Waals surface area contributed by atoms with E-state index in [1.165, 1.54) is 12.1 Å². The van der Waals surface area contributed by atoms with Gasteiger partial charge in [-0.1, -0.05) is 12.1 Å². The standard InChI is InChI=1S/C18H18F4N2O5S2/c19-14-6-8-15(9-7-14)30(25,26)23-10-3-11-24(13-12-23)31(27,28)17-5-2-1-4-16(17)29-18(20,21)22/h1-2,4-9H,3,10-13H2. The van der Waals surface area contributed by atoms with Crippen molar-refractivity contribution in [1.29, 1.82) is 0 Å². The van der Waals surface area contributed by atoms with E-state index >= 15 is 0 Å². The number of benzene rings is 2. The molecule has 0 saturated carbocycles. The van der Waals surface area contributed by atoms with Gasteiger partial charge in [-0.3, -0.25) is 0 Å². The summed E-state index contributed by atoms with van der Waals surface area (Å²) in [5.41, 5.74) is 0. The van der Waals surface area contributed by atoms with Gasteiger partial charge >= 0.3 is 6.36 Å². The molecule has 2 aromatic carbocycles. The summed E-state index contributed by atoms with van der Waals surface area (Å²) in [6.45, 7) is -0.602. The first kappa shape index (κ1) is 23.4. The molecule has 0 aliphatic carbocycles. The summed E-state index contributed by atoms with van der Waals surface area (Å²) in [6, 6.07) is 8.57. The van der Waals surface area contributed by atoms with E-state index in [2.05, 4.69) is 4.74 Å². The molecular formula is C18H18F4N2O5S2. The normalized spacial score (nSPS) is 17.3. The fourth-order valence-electron chi connectivity index (χ4n) is 3.12. The predicted octanol–water partition coefficient (Wildman–Crippen LogP) is 2.81. The van der Waals surface area contributed by atoms with Gasteiger partial charge in [0.25, 0.3) is 0 Å². The van der Waals surface area contributed by atoms with Crippen molar-refractivity contribution in [2.75, 3.05) is 26.2 Å². The zero-order chi connectivity index (χ0) is 22.9. The van der Waals surface area contributed by atoms with Crippen LogP contribution in [0.1, 0.15) is 6.42 Å². The number of hydrogen-bond acceptors (Lipinski definition) is 5. The van der Waals surface area contributed by atoms with Crippen molar-refractivity contribution >= 4 is 20.0 Å². The van der Waals surface area contributed by atoms with Gasteiger partial charge in [-0.05, 0) is 42.8 Å². The van der Waals surface area contributed by atoms with Gasteiger partial charge in [-0.15, -0.1) is 13.2 Å². The Balaban J connectivity index is 1.83.